The van der Waals surface area contributed by atoms with Gasteiger partial charge in [-0.05, 0) is 52.8 Å². The first-order chi connectivity index (χ1) is 13.9. The van der Waals surface area contributed by atoms with E-state index in [1.165, 1.54) is 10.8 Å². The summed E-state index contributed by atoms with van der Waals surface area (Å²) in [7, 11) is -3.55. The fraction of sp³-hybridized carbons (Fsp3) is 0.167. The van der Waals surface area contributed by atoms with E-state index in [2.05, 4.69) is 24.3 Å². The fourth-order valence-corrected chi connectivity index (χ4v) is 5.92. The number of nitrogens with zero attached hydrogens (tertiary/aromatic N) is 1. The van der Waals surface area contributed by atoms with Gasteiger partial charge < -0.3 is 0 Å². The lowest BCUT2D eigenvalue weighted by Crippen LogP contribution is -2.36. The second-order valence-electron chi connectivity index (χ2n) is 7.61. The van der Waals surface area contributed by atoms with Crippen molar-refractivity contribution in [3.05, 3.63) is 88.4 Å². The van der Waals surface area contributed by atoms with Crippen LogP contribution in [-0.2, 0) is 23.0 Å². The maximum Gasteiger partial charge on any atom is 0.243 e. The van der Waals surface area contributed by atoms with Crippen LogP contribution in [-0.4, -0.2) is 19.3 Å². The molecule has 0 atom stereocenters. The number of benzene rings is 4. The van der Waals surface area contributed by atoms with Gasteiger partial charge in [0, 0.05) is 18.5 Å². The van der Waals surface area contributed by atoms with Crippen LogP contribution in [0.5, 0.6) is 0 Å². The smallest absolute Gasteiger partial charge is 0.207 e. The van der Waals surface area contributed by atoms with Gasteiger partial charge in [-0.3, -0.25) is 0 Å². The minimum atomic E-state index is -3.55. The normalized spacial score (nSPS) is 15.0. The number of hydrogen-bond acceptors (Lipinski definition) is 2. The van der Waals surface area contributed by atoms with Gasteiger partial charge in [0.2, 0.25) is 10.0 Å². The second-order valence-corrected chi connectivity index (χ2v) is 9.93. The Morgan fingerprint density at radius 3 is 2.45 bits per heavy atom. The Morgan fingerprint density at radius 2 is 1.66 bits per heavy atom. The highest BCUT2D eigenvalue weighted by molar-refractivity contribution is 7.89. The summed E-state index contributed by atoms with van der Waals surface area (Å²) >= 11 is 6.82. The number of sulfonamides is 1. The van der Waals surface area contributed by atoms with Crippen LogP contribution in [0, 0.1) is 6.92 Å². The van der Waals surface area contributed by atoms with Gasteiger partial charge in [-0.1, -0.05) is 71.8 Å². The molecule has 1 aliphatic rings. The first-order valence-corrected chi connectivity index (χ1v) is 11.5. The molecule has 0 N–H and O–H groups in total. The Bertz CT molecular complexity index is 1360. The van der Waals surface area contributed by atoms with Crippen molar-refractivity contribution >= 4 is 43.2 Å². The lowest BCUT2D eigenvalue weighted by molar-refractivity contribution is 0.392. The molecule has 1 heterocycles. The van der Waals surface area contributed by atoms with Gasteiger partial charge in [-0.15, -0.1) is 0 Å². The molecule has 3 nitrogen and oxygen atoms in total. The van der Waals surface area contributed by atoms with Gasteiger partial charge >= 0.3 is 0 Å². The maximum atomic E-state index is 13.1. The lowest BCUT2D eigenvalue weighted by atomic mass is 9.93. The molecule has 0 radical (unpaired) electrons. The third-order valence-corrected chi connectivity index (χ3v) is 8.09. The minimum Gasteiger partial charge on any atom is -0.207 e. The van der Waals surface area contributed by atoms with Crippen molar-refractivity contribution < 1.29 is 8.42 Å². The van der Waals surface area contributed by atoms with Crippen LogP contribution < -0.4 is 0 Å². The third-order valence-electron chi connectivity index (χ3n) is 5.80. The van der Waals surface area contributed by atoms with Gasteiger partial charge in [-0.25, -0.2) is 8.42 Å². The zero-order chi connectivity index (χ0) is 20.2. The van der Waals surface area contributed by atoms with Gasteiger partial charge in [0.25, 0.3) is 0 Å². The molecule has 0 aromatic heterocycles. The van der Waals surface area contributed by atoms with E-state index in [4.69, 9.17) is 11.6 Å². The van der Waals surface area contributed by atoms with Gasteiger partial charge in [0.15, 0.2) is 0 Å². The van der Waals surface area contributed by atoms with Crippen molar-refractivity contribution in [2.75, 3.05) is 6.54 Å². The highest BCUT2D eigenvalue weighted by Gasteiger charge is 2.30. The van der Waals surface area contributed by atoms with Crippen molar-refractivity contribution in [3.63, 3.8) is 0 Å². The van der Waals surface area contributed by atoms with Crippen molar-refractivity contribution in [3.8, 4) is 0 Å². The van der Waals surface area contributed by atoms with Crippen molar-refractivity contribution in [2.45, 2.75) is 24.8 Å². The molecule has 0 amide bonds. The molecular weight excluding hydrogens is 402 g/mol. The topological polar surface area (TPSA) is 37.4 Å². The van der Waals surface area contributed by atoms with E-state index in [-0.39, 0.29) is 0 Å². The van der Waals surface area contributed by atoms with Crippen LogP contribution in [0.3, 0.4) is 0 Å². The van der Waals surface area contributed by atoms with E-state index in [9.17, 15) is 8.42 Å². The number of hydrogen-bond donors (Lipinski definition) is 0. The molecule has 0 saturated heterocycles. The first kappa shape index (κ1) is 18.6. The number of fused-ring (bicyclic) bond motifs is 4. The Hall–Kier alpha value is -2.40. The zero-order valence-corrected chi connectivity index (χ0v) is 17.6. The quantitative estimate of drug-likeness (QED) is 0.389. The van der Waals surface area contributed by atoms with E-state index in [0.29, 0.717) is 29.4 Å². The first-order valence-electron chi connectivity index (χ1n) is 9.64. The molecular formula is C24H20ClNO2S. The summed E-state index contributed by atoms with van der Waals surface area (Å²) in [5.74, 6) is 0. The third kappa shape index (κ3) is 3.03. The molecule has 4 aromatic rings. The maximum absolute atomic E-state index is 13.1. The molecule has 146 valence electrons. The second kappa shape index (κ2) is 6.84. The molecule has 0 fully saturated rings. The van der Waals surface area contributed by atoms with E-state index in [1.807, 2.05) is 37.3 Å². The summed E-state index contributed by atoms with van der Waals surface area (Å²) in [5.41, 5.74) is 3.08. The van der Waals surface area contributed by atoms with Gasteiger partial charge in [0.05, 0.1) is 9.92 Å². The summed E-state index contributed by atoms with van der Waals surface area (Å²) in [5, 5.41) is 5.10. The van der Waals surface area contributed by atoms with Crippen molar-refractivity contribution in [1.82, 2.24) is 4.31 Å². The summed E-state index contributed by atoms with van der Waals surface area (Å²) in [6.07, 6.45) is 0.652. The van der Waals surface area contributed by atoms with Crippen molar-refractivity contribution in [1.29, 1.82) is 0 Å². The van der Waals surface area contributed by atoms with Crippen LogP contribution in [0.15, 0.2) is 71.6 Å². The fourth-order valence-electron chi connectivity index (χ4n) is 4.17. The molecule has 0 saturated carbocycles. The molecule has 5 heteroatoms. The SMILES string of the molecule is Cc1ccc(S(=O)(=O)N2CCc3cc4c(ccc5ccccc54)c(Cl)c3C2)cc1. The number of rotatable bonds is 2. The molecule has 0 spiro atoms. The zero-order valence-electron chi connectivity index (χ0n) is 16.0. The Balaban J connectivity index is 1.61. The number of aryl methyl sites for hydroxylation is 1. The standard InChI is InChI=1S/C24H20ClNO2S/c1-16-6-9-19(10-7-16)29(27,28)26-13-12-18-14-22-20-5-3-2-4-17(20)8-11-21(22)24(25)23(18)15-26/h2-11,14H,12-13,15H2,1H3. The van der Waals surface area contributed by atoms with Crippen LogP contribution in [0.4, 0.5) is 0 Å². The predicted molar refractivity (Wildman–Crippen MR) is 119 cm³/mol. The van der Waals surface area contributed by atoms with Crippen LogP contribution in [0.1, 0.15) is 16.7 Å². The average molecular weight is 422 g/mol. The summed E-state index contributed by atoms with van der Waals surface area (Å²) in [4.78, 5) is 0.328. The molecule has 0 unspecified atom stereocenters. The Kier molecular flexibility index (Phi) is 4.39. The molecule has 1 aliphatic heterocycles. The van der Waals surface area contributed by atoms with Crippen molar-refractivity contribution in [2.24, 2.45) is 0 Å². The van der Waals surface area contributed by atoms with Crippen LogP contribution >= 0.6 is 11.6 Å². The van der Waals surface area contributed by atoms with E-state index >= 15 is 0 Å². The van der Waals surface area contributed by atoms with E-state index < -0.39 is 10.0 Å². The molecule has 29 heavy (non-hydrogen) atoms. The van der Waals surface area contributed by atoms with E-state index in [0.717, 1.165) is 27.5 Å². The summed E-state index contributed by atoms with van der Waals surface area (Å²) in [6.45, 7) is 2.70. The Labute approximate surface area is 175 Å². The highest BCUT2D eigenvalue weighted by atomic mass is 35.5. The van der Waals surface area contributed by atoms with Gasteiger partial charge in [-0.2, -0.15) is 4.31 Å². The number of halogens is 1. The van der Waals surface area contributed by atoms with Crippen LogP contribution in [0.25, 0.3) is 21.5 Å². The average Bonchev–Trinajstić information content (AvgIpc) is 2.74. The summed E-state index contributed by atoms with van der Waals surface area (Å²) in [6, 6.07) is 21.6. The molecule has 5 rings (SSSR count). The molecule has 0 bridgehead atoms. The predicted octanol–water partition coefficient (Wildman–Crippen LogP) is 5.70. The van der Waals surface area contributed by atoms with Crippen LogP contribution in [0.2, 0.25) is 5.02 Å². The molecule has 0 aliphatic carbocycles. The summed E-state index contributed by atoms with van der Waals surface area (Å²) < 4.78 is 27.8. The monoisotopic (exact) mass is 421 g/mol. The molecule has 4 aromatic carbocycles. The van der Waals surface area contributed by atoms with Gasteiger partial charge in [0.1, 0.15) is 0 Å². The largest absolute Gasteiger partial charge is 0.243 e. The Morgan fingerprint density at radius 1 is 0.897 bits per heavy atom. The highest BCUT2D eigenvalue weighted by Crippen LogP contribution is 2.38. The van der Waals surface area contributed by atoms with E-state index in [1.54, 1.807) is 16.4 Å². The lowest BCUT2D eigenvalue weighted by Gasteiger charge is -2.29. The minimum absolute atomic E-state index is 0.299.